The molecular formula is C9H7N5OS. The lowest BCUT2D eigenvalue weighted by atomic mass is 10.3. The van der Waals surface area contributed by atoms with Crippen LogP contribution in [-0.2, 0) is 0 Å². The summed E-state index contributed by atoms with van der Waals surface area (Å²) >= 11 is 1.41. The Kier molecular flexibility index (Phi) is 1.93. The molecule has 3 aromatic rings. The van der Waals surface area contributed by atoms with Gasteiger partial charge >= 0.3 is 5.78 Å². The maximum absolute atomic E-state index is 11.6. The van der Waals surface area contributed by atoms with Crippen LogP contribution in [0, 0.1) is 5.21 Å². The Morgan fingerprint density at radius 3 is 3.00 bits per heavy atom. The largest absolute Gasteiger partial charge is 0.594 e. The molecule has 7 heteroatoms. The Hall–Kier alpha value is -1.89. The van der Waals surface area contributed by atoms with Gasteiger partial charge in [-0.15, -0.1) is 5.10 Å². The first-order valence-corrected chi connectivity index (χ1v) is 5.81. The highest BCUT2D eigenvalue weighted by Crippen LogP contribution is 2.13. The molecule has 80 valence electrons. The summed E-state index contributed by atoms with van der Waals surface area (Å²) in [7, 11) is 0. The van der Waals surface area contributed by atoms with Crippen LogP contribution in [0.1, 0.15) is 0 Å². The zero-order valence-electron chi connectivity index (χ0n) is 8.36. The van der Waals surface area contributed by atoms with Crippen molar-refractivity contribution >= 4 is 28.6 Å². The van der Waals surface area contributed by atoms with E-state index in [1.165, 1.54) is 11.8 Å². The topological polar surface area (TPSA) is 70.0 Å². The maximum atomic E-state index is 11.6. The minimum Gasteiger partial charge on any atom is -0.594 e. The van der Waals surface area contributed by atoms with Crippen molar-refractivity contribution in [2.45, 2.75) is 5.16 Å². The first-order chi connectivity index (χ1) is 7.79. The molecule has 0 atom stereocenters. The molecule has 0 N–H and O–H groups in total. The van der Waals surface area contributed by atoms with Gasteiger partial charge in [-0.05, 0) is 17.2 Å². The molecule has 0 bridgehead atoms. The van der Waals surface area contributed by atoms with Crippen molar-refractivity contribution in [1.82, 2.24) is 19.7 Å². The fourth-order valence-corrected chi connectivity index (χ4v) is 1.87. The Balaban J connectivity index is 2.52. The molecule has 0 amide bonds. The van der Waals surface area contributed by atoms with Crippen LogP contribution in [0.15, 0.2) is 29.4 Å². The lowest BCUT2D eigenvalue weighted by Gasteiger charge is -1.98. The van der Waals surface area contributed by atoms with Crippen molar-refractivity contribution < 1.29 is 4.85 Å². The highest BCUT2D eigenvalue weighted by Gasteiger charge is 2.14. The summed E-state index contributed by atoms with van der Waals surface area (Å²) in [6, 6.07) is 7.16. The van der Waals surface area contributed by atoms with Gasteiger partial charge < -0.3 is 5.21 Å². The van der Waals surface area contributed by atoms with Crippen molar-refractivity contribution in [1.29, 1.82) is 0 Å². The second kappa shape index (κ2) is 3.31. The normalized spacial score (nSPS) is 11.3. The predicted molar refractivity (Wildman–Crippen MR) is 59.0 cm³/mol. The molecule has 6 nitrogen and oxygen atoms in total. The Bertz CT molecular complexity index is 680. The average Bonchev–Trinajstić information content (AvgIpc) is 2.72. The van der Waals surface area contributed by atoms with Gasteiger partial charge in [-0.1, -0.05) is 23.9 Å². The van der Waals surface area contributed by atoms with Crippen molar-refractivity contribution in [2.75, 3.05) is 6.26 Å². The summed E-state index contributed by atoms with van der Waals surface area (Å²) in [4.78, 5) is 4.70. The first-order valence-electron chi connectivity index (χ1n) is 4.59. The second-order valence-corrected chi connectivity index (χ2v) is 3.95. The number of hydrogen-bond acceptors (Lipinski definition) is 5. The number of para-hydroxylation sites is 2. The van der Waals surface area contributed by atoms with E-state index in [0.717, 1.165) is 0 Å². The highest BCUT2D eigenvalue weighted by molar-refractivity contribution is 7.98. The van der Waals surface area contributed by atoms with Crippen molar-refractivity contribution in [3.63, 3.8) is 0 Å². The van der Waals surface area contributed by atoms with Gasteiger partial charge in [0, 0.05) is 6.07 Å². The number of hydrogen-bond donors (Lipinski definition) is 0. The summed E-state index contributed by atoms with van der Waals surface area (Å²) < 4.78 is 1.58. The predicted octanol–water partition coefficient (Wildman–Crippen LogP) is 0.633. The van der Waals surface area contributed by atoms with Crippen LogP contribution in [0.3, 0.4) is 0 Å². The van der Waals surface area contributed by atoms with Crippen LogP contribution < -0.4 is 4.85 Å². The minimum absolute atomic E-state index is 0.318. The van der Waals surface area contributed by atoms with E-state index in [1.807, 2.05) is 18.4 Å². The lowest BCUT2D eigenvalue weighted by Crippen LogP contribution is -2.33. The van der Waals surface area contributed by atoms with Gasteiger partial charge in [-0.25, -0.2) is 0 Å². The molecule has 1 aromatic carbocycles. The van der Waals surface area contributed by atoms with Gasteiger partial charge in [0.05, 0.1) is 5.10 Å². The molecule has 0 unspecified atom stereocenters. The van der Waals surface area contributed by atoms with Crippen molar-refractivity contribution in [3.8, 4) is 0 Å². The first kappa shape index (κ1) is 9.34. The van der Waals surface area contributed by atoms with E-state index in [-0.39, 0.29) is 0 Å². The van der Waals surface area contributed by atoms with E-state index in [2.05, 4.69) is 15.2 Å². The van der Waals surface area contributed by atoms with Crippen LogP contribution >= 0.6 is 11.8 Å². The van der Waals surface area contributed by atoms with E-state index in [9.17, 15) is 5.21 Å². The molecule has 0 radical (unpaired) electrons. The minimum atomic E-state index is 0.318. The molecule has 0 aliphatic carbocycles. The monoisotopic (exact) mass is 233 g/mol. The third-order valence-corrected chi connectivity index (χ3v) is 2.79. The number of rotatable bonds is 1. The molecule has 0 aliphatic heterocycles. The van der Waals surface area contributed by atoms with Crippen molar-refractivity contribution in [2.24, 2.45) is 0 Å². The van der Waals surface area contributed by atoms with Crippen LogP contribution in [-0.4, -0.2) is 26.0 Å². The van der Waals surface area contributed by atoms with E-state index >= 15 is 0 Å². The summed E-state index contributed by atoms with van der Waals surface area (Å²) in [5.41, 5.74) is 1.18. The van der Waals surface area contributed by atoms with Crippen LogP contribution in [0.4, 0.5) is 0 Å². The fourth-order valence-electron chi connectivity index (χ4n) is 1.54. The zero-order chi connectivity index (χ0) is 11.1. The third-order valence-electron chi connectivity index (χ3n) is 2.25. The van der Waals surface area contributed by atoms with Crippen LogP contribution in [0.25, 0.3) is 16.8 Å². The fraction of sp³-hybridized carbons (Fsp3) is 0.111. The molecule has 0 spiro atoms. The molecule has 2 aromatic heterocycles. The van der Waals surface area contributed by atoms with Gasteiger partial charge in [0.15, 0.2) is 0 Å². The Morgan fingerprint density at radius 1 is 1.38 bits per heavy atom. The number of aromatic nitrogens is 5. The van der Waals surface area contributed by atoms with Gasteiger partial charge in [0.2, 0.25) is 5.16 Å². The molecule has 0 fully saturated rings. The van der Waals surface area contributed by atoms with Crippen LogP contribution in [0.2, 0.25) is 0 Å². The number of nitrogens with zero attached hydrogens (tertiary/aromatic N) is 5. The quantitative estimate of drug-likeness (QED) is 0.350. The summed E-state index contributed by atoms with van der Waals surface area (Å²) in [6.07, 6.45) is 1.88. The van der Waals surface area contributed by atoms with Gasteiger partial charge in [-0.3, -0.25) is 0 Å². The second-order valence-electron chi connectivity index (χ2n) is 3.17. The van der Waals surface area contributed by atoms with Gasteiger partial charge in [-0.2, -0.15) is 9.50 Å². The molecule has 0 saturated carbocycles. The van der Waals surface area contributed by atoms with E-state index in [0.29, 0.717) is 26.8 Å². The molecule has 0 aliphatic rings. The molecular weight excluding hydrogens is 226 g/mol. The van der Waals surface area contributed by atoms with E-state index in [1.54, 1.807) is 16.6 Å². The molecule has 3 rings (SSSR count). The Labute approximate surface area is 94.5 Å². The average molecular weight is 233 g/mol. The standard InChI is InChI=1S/C9H7N5OS/c1-16-9-10-8-11-14(15)7-5-3-2-4-6(7)13(8)12-9/h2-5H,1H3. The van der Waals surface area contributed by atoms with Crippen molar-refractivity contribution in [3.05, 3.63) is 29.5 Å². The van der Waals surface area contributed by atoms with Gasteiger partial charge in [0.1, 0.15) is 5.52 Å². The number of thioether (sulfide) groups is 1. The van der Waals surface area contributed by atoms with E-state index < -0.39 is 0 Å². The van der Waals surface area contributed by atoms with Gasteiger partial charge in [0.25, 0.3) is 5.52 Å². The molecule has 0 saturated heterocycles. The number of benzene rings is 1. The zero-order valence-corrected chi connectivity index (χ0v) is 9.18. The van der Waals surface area contributed by atoms with E-state index in [4.69, 9.17) is 0 Å². The highest BCUT2D eigenvalue weighted by atomic mass is 32.2. The number of fused-ring (bicyclic) bond motifs is 3. The molecule has 16 heavy (non-hydrogen) atoms. The third kappa shape index (κ3) is 1.21. The SMILES string of the molecule is CSc1nc2n[n+]([O-])c3ccccc3n2n1. The summed E-state index contributed by atoms with van der Waals surface area (Å²) in [5, 5.41) is 20.3. The maximum Gasteiger partial charge on any atom is 0.320 e. The lowest BCUT2D eigenvalue weighted by molar-refractivity contribution is -0.640. The molecule has 2 heterocycles. The van der Waals surface area contributed by atoms with Crippen LogP contribution in [0.5, 0.6) is 0 Å². The Morgan fingerprint density at radius 2 is 2.19 bits per heavy atom. The smallest absolute Gasteiger partial charge is 0.320 e. The summed E-state index contributed by atoms with van der Waals surface area (Å²) in [6.45, 7) is 0. The summed E-state index contributed by atoms with van der Waals surface area (Å²) in [5.74, 6) is 0.318.